The molecule has 206 valence electrons. The highest BCUT2D eigenvalue weighted by Gasteiger charge is 2.37. The largest absolute Gasteiger partial charge is 0.468 e. The van der Waals surface area contributed by atoms with Gasteiger partial charge in [0.05, 0.1) is 35.2 Å². The molecule has 0 atom stereocenters. The number of carbonyl (C=O) groups is 1. The molecule has 2 aromatic carbocycles. The molecule has 5 nitrogen and oxygen atoms in total. The van der Waals surface area contributed by atoms with E-state index in [2.05, 4.69) is 0 Å². The Morgan fingerprint density at radius 3 is 2.35 bits per heavy atom. The van der Waals surface area contributed by atoms with Gasteiger partial charge in [-0.15, -0.1) is 11.3 Å². The normalized spacial score (nSPS) is 11.8. The minimum absolute atomic E-state index is 0.150. The van der Waals surface area contributed by atoms with Gasteiger partial charge in [-0.25, -0.2) is 8.78 Å². The highest BCUT2D eigenvalue weighted by molar-refractivity contribution is 7.18. The zero-order chi connectivity index (χ0) is 29.4. The predicted molar refractivity (Wildman–Crippen MR) is 140 cm³/mol. The molecule has 4 aromatic rings. The van der Waals surface area contributed by atoms with Gasteiger partial charge in [-0.05, 0) is 55.3 Å². The lowest BCUT2D eigenvalue weighted by Gasteiger charge is -2.22. The number of methoxy groups -OCH3 is 1. The lowest BCUT2D eigenvalue weighted by Crippen LogP contribution is -2.30. The van der Waals surface area contributed by atoms with Gasteiger partial charge in [-0.3, -0.25) is 9.59 Å². The molecule has 0 aliphatic carbocycles. The van der Waals surface area contributed by atoms with E-state index in [9.17, 15) is 36.8 Å². The van der Waals surface area contributed by atoms with E-state index in [-0.39, 0.29) is 16.1 Å². The van der Waals surface area contributed by atoms with E-state index >= 15 is 0 Å². The zero-order valence-electron chi connectivity index (χ0n) is 21.4. The number of rotatable bonds is 6. The third kappa shape index (κ3) is 5.40. The Balaban J connectivity index is 1.89. The molecule has 4 rings (SSSR count). The number of halogens is 5. The number of carbonyl (C=O) groups excluding carboxylic acids is 1. The van der Waals surface area contributed by atoms with Gasteiger partial charge in [0.1, 0.15) is 23.3 Å². The van der Waals surface area contributed by atoms with Crippen LogP contribution in [0.2, 0.25) is 0 Å². The quantitative estimate of drug-likeness (QED) is 0.186. The Kier molecular flexibility index (Phi) is 7.67. The van der Waals surface area contributed by atoms with Crippen molar-refractivity contribution in [3.8, 4) is 27.1 Å². The summed E-state index contributed by atoms with van der Waals surface area (Å²) < 4.78 is 75.3. The predicted octanol–water partition coefficient (Wildman–Crippen LogP) is 6.91. The number of hydrogen-bond acceptors (Lipinski definition) is 5. The minimum Gasteiger partial charge on any atom is -0.468 e. The number of aromatic nitrogens is 1. The molecule has 40 heavy (non-hydrogen) atoms. The number of nitriles is 1. The third-order valence-electron chi connectivity index (χ3n) is 6.48. The van der Waals surface area contributed by atoms with Crippen LogP contribution in [0.15, 0.2) is 65.5 Å². The van der Waals surface area contributed by atoms with Crippen LogP contribution >= 0.6 is 11.3 Å². The van der Waals surface area contributed by atoms with Gasteiger partial charge in [0.2, 0.25) is 0 Å². The second-order valence-corrected chi connectivity index (χ2v) is 10.5. The fourth-order valence-electron chi connectivity index (χ4n) is 4.22. The minimum atomic E-state index is -5.01. The van der Waals surface area contributed by atoms with Gasteiger partial charge in [-0.1, -0.05) is 24.3 Å². The summed E-state index contributed by atoms with van der Waals surface area (Å²) in [6.07, 6.45) is -5.01. The number of thiophene rings is 1. The number of nitrogens with zero attached hydrogens (tertiary/aromatic N) is 2. The van der Waals surface area contributed by atoms with Crippen LogP contribution in [0.25, 0.3) is 21.0 Å². The van der Waals surface area contributed by atoms with Gasteiger partial charge >= 0.3 is 12.1 Å². The smallest absolute Gasteiger partial charge is 0.417 e. The molecule has 0 saturated carbocycles. The Labute approximate surface area is 229 Å². The van der Waals surface area contributed by atoms with E-state index in [0.29, 0.717) is 28.1 Å². The number of ether oxygens (including phenoxy) is 1. The fourth-order valence-corrected chi connectivity index (χ4v) is 5.25. The van der Waals surface area contributed by atoms with Crippen LogP contribution < -0.4 is 5.56 Å². The van der Waals surface area contributed by atoms with Crippen molar-refractivity contribution in [1.82, 2.24) is 4.57 Å². The average molecular weight is 573 g/mol. The molecule has 2 aromatic heterocycles. The van der Waals surface area contributed by atoms with E-state index in [1.165, 1.54) is 19.2 Å². The van der Waals surface area contributed by atoms with Crippen molar-refractivity contribution >= 4 is 17.3 Å². The van der Waals surface area contributed by atoms with Crippen LogP contribution in [-0.2, 0) is 27.7 Å². The van der Waals surface area contributed by atoms with Gasteiger partial charge in [0, 0.05) is 16.5 Å². The van der Waals surface area contributed by atoms with Crippen molar-refractivity contribution in [2.45, 2.75) is 32.0 Å². The molecule has 0 radical (unpaired) electrons. The van der Waals surface area contributed by atoms with Crippen LogP contribution in [0.5, 0.6) is 0 Å². The van der Waals surface area contributed by atoms with Crippen molar-refractivity contribution in [3.63, 3.8) is 0 Å². The molecule has 0 aliphatic rings. The molecule has 0 amide bonds. The van der Waals surface area contributed by atoms with E-state index in [1.807, 2.05) is 0 Å². The summed E-state index contributed by atoms with van der Waals surface area (Å²) in [7, 11) is 1.28. The first-order valence-corrected chi connectivity index (χ1v) is 12.6. The second kappa shape index (κ2) is 10.7. The second-order valence-electron chi connectivity index (χ2n) is 9.42. The van der Waals surface area contributed by atoms with Gasteiger partial charge in [-0.2, -0.15) is 18.4 Å². The maximum Gasteiger partial charge on any atom is 0.417 e. The Morgan fingerprint density at radius 1 is 1.02 bits per heavy atom. The van der Waals surface area contributed by atoms with E-state index in [4.69, 9.17) is 4.74 Å². The van der Waals surface area contributed by atoms with Gasteiger partial charge in [0.15, 0.2) is 0 Å². The highest BCUT2D eigenvalue weighted by Crippen LogP contribution is 2.39. The summed E-state index contributed by atoms with van der Waals surface area (Å²) >= 11 is 1.07. The van der Waals surface area contributed by atoms with Crippen LogP contribution in [0.4, 0.5) is 22.0 Å². The summed E-state index contributed by atoms with van der Waals surface area (Å²) in [6, 6.07) is 14.8. The summed E-state index contributed by atoms with van der Waals surface area (Å²) in [4.78, 5) is 26.3. The molecule has 0 bridgehead atoms. The van der Waals surface area contributed by atoms with E-state index < -0.39 is 52.4 Å². The van der Waals surface area contributed by atoms with Crippen molar-refractivity contribution in [1.29, 1.82) is 5.26 Å². The maximum atomic E-state index is 14.5. The molecule has 11 heteroatoms. The van der Waals surface area contributed by atoms with Gasteiger partial charge < -0.3 is 9.30 Å². The number of alkyl halides is 3. The Morgan fingerprint density at radius 2 is 1.73 bits per heavy atom. The number of pyridine rings is 1. The molecule has 0 unspecified atom stereocenters. The lowest BCUT2D eigenvalue weighted by molar-refractivity contribution is -0.146. The fraction of sp³-hybridized carbons (Fsp3) is 0.207. The first-order valence-electron chi connectivity index (χ1n) is 11.8. The average Bonchev–Trinajstić information content (AvgIpc) is 3.40. The van der Waals surface area contributed by atoms with Gasteiger partial charge in [0.25, 0.3) is 5.56 Å². The van der Waals surface area contributed by atoms with Crippen molar-refractivity contribution in [2.24, 2.45) is 0 Å². The zero-order valence-corrected chi connectivity index (χ0v) is 22.2. The molecule has 0 saturated heterocycles. The Hall–Kier alpha value is -4.30. The van der Waals surface area contributed by atoms with Crippen LogP contribution in [0.3, 0.4) is 0 Å². The highest BCUT2D eigenvalue weighted by atomic mass is 32.1. The topological polar surface area (TPSA) is 72.1 Å². The summed E-state index contributed by atoms with van der Waals surface area (Å²) in [5.74, 6) is -2.31. The van der Waals surface area contributed by atoms with Crippen molar-refractivity contribution in [3.05, 3.63) is 105 Å². The number of benzene rings is 2. The lowest BCUT2D eigenvalue weighted by atomic mass is 9.84. The summed E-state index contributed by atoms with van der Waals surface area (Å²) in [6.45, 7) is 2.85. The standard InChI is InChI=1S/C29H21F5N2O3S/c1-28(2,27(38)39-3)18-6-4-5-16(11-18)24-9-10-25(40-24)23-13-21(29(32,33)34)20(14-35)26(37)36(23)15-17-7-8-19(30)12-22(17)31/h4-13H,15H2,1-3H3. The number of esters is 1. The van der Waals surface area contributed by atoms with Crippen LogP contribution in [0, 0.1) is 23.0 Å². The molecule has 2 heterocycles. The molecular weight excluding hydrogens is 551 g/mol. The SMILES string of the molecule is COC(=O)C(C)(C)c1cccc(-c2ccc(-c3cc(C(F)(F)F)c(C#N)c(=O)n3Cc3ccc(F)cc3F)s2)c1. The summed E-state index contributed by atoms with van der Waals surface area (Å²) in [5, 5.41) is 9.39. The van der Waals surface area contributed by atoms with E-state index in [0.717, 1.165) is 28.0 Å². The number of hydrogen-bond donors (Lipinski definition) is 0. The van der Waals surface area contributed by atoms with Crippen molar-refractivity contribution < 1.29 is 31.5 Å². The molecule has 0 fully saturated rings. The van der Waals surface area contributed by atoms with Crippen LogP contribution in [0.1, 0.15) is 36.1 Å². The monoisotopic (exact) mass is 572 g/mol. The third-order valence-corrected chi connectivity index (χ3v) is 7.64. The molecule has 0 N–H and O–H groups in total. The van der Waals surface area contributed by atoms with E-state index in [1.54, 1.807) is 44.2 Å². The first-order chi connectivity index (χ1) is 18.8. The summed E-state index contributed by atoms with van der Waals surface area (Å²) in [5.41, 5.74) is -3.81. The Bertz CT molecular complexity index is 1710. The molecule has 0 spiro atoms. The van der Waals surface area contributed by atoms with Crippen LogP contribution in [-0.4, -0.2) is 17.6 Å². The first kappa shape index (κ1) is 28.7. The van der Waals surface area contributed by atoms with Crippen molar-refractivity contribution in [2.75, 3.05) is 7.11 Å². The molecule has 0 aliphatic heterocycles. The maximum absolute atomic E-state index is 14.5. The molecular formula is C29H21F5N2O3S.